The molecule has 0 radical (unpaired) electrons. The number of carbonyl (C=O) groups is 1. The van der Waals surface area contributed by atoms with Crippen molar-refractivity contribution in [3.05, 3.63) is 57.7 Å². The quantitative estimate of drug-likeness (QED) is 0.751. The Morgan fingerprint density at radius 2 is 1.90 bits per heavy atom. The Kier molecular flexibility index (Phi) is 5.00. The largest absolute Gasteiger partial charge is 0.496 e. The lowest BCUT2D eigenvalue weighted by Crippen LogP contribution is -2.30. The number of rotatable bonds is 4. The van der Waals surface area contributed by atoms with Gasteiger partial charge in [0.15, 0.2) is 0 Å². The minimum absolute atomic E-state index is 0.000677. The van der Waals surface area contributed by atoms with Crippen molar-refractivity contribution in [2.45, 2.75) is 6.92 Å². The lowest BCUT2D eigenvalue weighted by Gasteiger charge is -2.21. The fourth-order valence-electron chi connectivity index (χ4n) is 2.01. The van der Waals surface area contributed by atoms with Gasteiger partial charge in [-0.15, -0.1) is 0 Å². The highest BCUT2D eigenvalue weighted by atomic mass is 127. The van der Waals surface area contributed by atoms with Crippen molar-refractivity contribution in [2.24, 2.45) is 0 Å². The second kappa shape index (κ2) is 6.74. The molecule has 4 heteroatoms. The van der Waals surface area contributed by atoms with Crippen LogP contribution < -0.4 is 9.64 Å². The number of para-hydroxylation sites is 1. The third-order valence-corrected chi connectivity index (χ3v) is 3.87. The summed E-state index contributed by atoms with van der Waals surface area (Å²) >= 11 is 2.17. The Balaban J connectivity index is 2.32. The van der Waals surface area contributed by atoms with Gasteiger partial charge in [-0.25, -0.2) is 0 Å². The van der Waals surface area contributed by atoms with Gasteiger partial charge in [0.05, 0.1) is 10.7 Å². The van der Waals surface area contributed by atoms with Crippen LogP contribution >= 0.6 is 22.6 Å². The van der Waals surface area contributed by atoms with E-state index in [1.807, 2.05) is 49.4 Å². The molecule has 0 aromatic heterocycles. The Bertz CT molecular complexity index is 599. The predicted molar refractivity (Wildman–Crippen MR) is 89.5 cm³/mol. The molecule has 0 N–H and O–H groups in total. The second-order valence-electron chi connectivity index (χ2n) is 4.23. The maximum absolute atomic E-state index is 12.6. The SMILES string of the molecule is CCN(C(=O)c1ccc(OC)c(I)c1)c1ccccc1. The van der Waals surface area contributed by atoms with E-state index in [-0.39, 0.29) is 5.91 Å². The molecule has 0 aliphatic heterocycles. The highest BCUT2D eigenvalue weighted by molar-refractivity contribution is 14.1. The number of methoxy groups -OCH3 is 1. The van der Waals surface area contributed by atoms with Crippen molar-refractivity contribution in [3.63, 3.8) is 0 Å². The number of ether oxygens (including phenoxy) is 1. The van der Waals surface area contributed by atoms with Gasteiger partial charge in [0.1, 0.15) is 5.75 Å². The zero-order valence-corrected chi connectivity index (χ0v) is 13.6. The number of amides is 1. The molecule has 2 aromatic carbocycles. The number of hydrogen-bond donors (Lipinski definition) is 0. The Labute approximate surface area is 132 Å². The molecule has 0 aliphatic carbocycles. The molecule has 0 aliphatic rings. The Hall–Kier alpha value is -1.56. The van der Waals surface area contributed by atoms with Gasteiger partial charge in [0, 0.05) is 17.8 Å². The molecular formula is C16H16INO2. The number of anilines is 1. The standard InChI is InChI=1S/C16H16INO2/c1-3-18(13-7-5-4-6-8-13)16(19)12-9-10-15(20-2)14(17)11-12/h4-11H,3H2,1-2H3. The topological polar surface area (TPSA) is 29.5 Å². The van der Waals surface area contributed by atoms with E-state index in [1.54, 1.807) is 18.1 Å². The third-order valence-electron chi connectivity index (χ3n) is 3.03. The molecule has 2 rings (SSSR count). The van der Waals surface area contributed by atoms with E-state index in [4.69, 9.17) is 4.74 Å². The van der Waals surface area contributed by atoms with Crippen LogP contribution in [0.25, 0.3) is 0 Å². The van der Waals surface area contributed by atoms with Crippen LogP contribution in [0.4, 0.5) is 5.69 Å². The van der Waals surface area contributed by atoms with Crippen LogP contribution in [0.1, 0.15) is 17.3 Å². The summed E-state index contributed by atoms with van der Waals surface area (Å²) in [6, 6.07) is 15.2. The first-order valence-electron chi connectivity index (χ1n) is 6.37. The summed E-state index contributed by atoms with van der Waals surface area (Å²) < 4.78 is 6.15. The van der Waals surface area contributed by atoms with Gasteiger partial charge in [-0.3, -0.25) is 4.79 Å². The van der Waals surface area contributed by atoms with Crippen LogP contribution in [0.15, 0.2) is 48.5 Å². The van der Waals surface area contributed by atoms with Crippen molar-refractivity contribution in [3.8, 4) is 5.75 Å². The first-order chi connectivity index (χ1) is 9.67. The molecule has 0 bridgehead atoms. The maximum atomic E-state index is 12.6. The maximum Gasteiger partial charge on any atom is 0.258 e. The highest BCUT2D eigenvalue weighted by Gasteiger charge is 2.16. The number of nitrogens with zero attached hydrogens (tertiary/aromatic N) is 1. The molecule has 2 aromatic rings. The molecule has 20 heavy (non-hydrogen) atoms. The summed E-state index contributed by atoms with van der Waals surface area (Å²) in [4.78, 5) is 14.4. The smallest absolute Gasteiger partial charge is 0.258 e. The van der Waals surface area contributed by atoms with Gasteiger partial charge in [-0.05, 0) is 59.8 Å². The summed E-state index contributed by atoms with van der Waals surface area (Å²) in [5, 5.41) is 0. The molecule has 104 valence electrons. The van der Waals surface area contributed by atoms with Crippen molar-refractivity contribution < 1.29 is 9.53 Å². The molecule has 0 saturated heterocycles. The summed E-state index contributed by atoms with van der Waals surface area (Å²) in [5.74, 6) is 0.782. The van der Waals surface area contributed by atoms with Gasteiger partial charge in [0.25, 0.3) is 5.91 Å². The van der Waals surface area contributed by atoms with Crippen LogP contribution in [-0.4, -0.2) is 19.6 Å². The van der Waals surface area contributed by atoms with E-state index >= 15 is 0 Å². The van der Waals surface area contributed by atoms with Crippen molar-refractivity contribution >= 4 is 34.2 Å². The van der Waals surface area contributed by atoms with E-state index in [9.17, 15) is 4.79 Å². The first kappa shape index (κ1) is 14.8. The Morgan fingerprint density at radius 3 is 2.45 bits per heavy atom. The number of benzene rings is 2. The van der Waals surface area contributed by atoms with Crippen molar-refractivity contribution in [1.82, 2.24) is 0 Å². The lowest BCUT2D eigenvalue weighted by molar-refractivity contribution is 0.0988. The van der Waals surface area contributed by atoms with Crippen LogP contribution in [0.5, 0.6) is 5.75 Å². The van der Waals surface area contributed by atoms with Gasteiger partial charge >= 0.3 is 0 Å². The van der Waals surface area contributed by atoms with Crippen LogP contribution in [0.2, 0.25) is 0 Å². The first-order valence-corrected chi connectivity index (χ1v) is 7.45. The summed E-state index contributed by atoms with van der Waals surface area (Å²) in [7, 11) is 1.63. The number of halogens is 1. The average Bonchev–Trinajstić information content (AvgIpc) is 2.49. The summed E-state index contributed by atoms with van der Waals surface area (Å²) in [5.41, 5.74) is 1.58. The minimum atomic E-state index is -0.000677. The average molecular weight is 381 g/mol. The van der Waals surface area contributed by atoms with E-state index in [2.05, 4.69) is 22.6 Å². The van der Waals surface area contributed by atoms with Crippen molar-refractivity contribution in [1.29, 1.82) is 0 Å². The normalized spacial score (nSPS) is 10.2. The van der Waals surface area contributed by atoms with E-state index in [1.165, 1.54) is 0 Å². The predicted octanol–water partition coefficient (Wildman–Crippen LogP) is 3.97. The number of carbonyl (C=O) groups excluding carboxylic acids is 1. The van der Waals surface area contributed by atoms with Gasteiger partial charge in [-0.1, -0.05) is 18.2 Å². The third kappa shape index (κ3) is 3.12. The fraction of sp³-hybridized carbons (Fsp3) is 0.188. The molecule has 0 heterocycles. The molecule has 3 nitrogen and oxygen atoms in total. The van der Waals surface area contributed by atoms with Crippen molar-refractivity contribution in [2.75, 3.05) is 18.6 Å². The molecule has 0 spiro atoms. The van der Waals surface area contributed by atoms with Crippen LogP contribution in [-0.2, 0) is 0 Å². The van der Waals surface area contributed by atoms with E-state index in [0.717, 1.165) is 15.0 Å². The molecule has 1 amide bonds. The molecule has 0 unspecified atom stereocenters. The highest BCUT2D eigenvalue weighted by Crippen LogP contribution is 2.23. The Morgan fingerprint density at radius 1 is 1.20 bits per heavy atom. The minimum Gasteiger partial charge on any atom is -0.496 e. The molecule has 0 fully saturated rings. The molecule has 0 saturated carbocycles. The second-order valence-corrected chi connectivity index (χ2v) is 5.40. The molecular weight excluding hydrogens is 365 g/mol. The van der Waals surface area contributed by atoms with Gasteiger partial charge < -0.3 is 9.64 Å². The van der Waals surface area contributed by atoms with E-state index in [0.29, 0.717) is 12.1 Å². The summed E-state index contributed by atoms with van der Waals surface area (Å²) in [6.07, 6.45) is 0. The van der Waals surface area contributed by atoms with Gasteiger partial charge in [-0.2, -0.15) is 0 Å². The van der Waals surface area contributed by atoms with Crippen LogP contribution in [0, 0.1) is 3.57 Å². The fourth-order valence-corrected chi connectivity index (χ4v) is 2.74. The number of hydrogen-bond acceptors (Lipinski definition) is 2. The summed E-state index contributed by atoms with van der Waals surface area (Å²) in [6.45, 7) is 2.60. The van der Waals surface area contributed by atoms with Gasteiger partial charge in [0.2, 0.25) is 0 Å². The zero-order chi connectivity index (χ0) is 14.5. The van der Waals surface area contributed by atoms with E-state index < -0.39 is 0 Å². The lowest BCUT2D eigenvalue weighted by atomic mass is 10.1. The molecule has 0 atom stereocenters. The zero-order valence-electron chi connectivity index (χ0n) is 11.5. The van der Waals surface area contributed by atoms with Crippen LogP contribution in [0.3, 0.4) is 0 Å². The monoisotopic (exact) mass is 381 g/mol.